The highest BCUT2D eigenvalue weighted by Crippen LogP contribution is 2.37. The lowest BCUT2D eigenvalue weighted by molar-refractivity contribution is 0.432. The normalized spacial score (nSPS) is 19.4. The minimum atomic E-state index is 0.370. The van der Waals surface area contributed by atoms with E-state index < -0.39 is 0 Å². The first kappa shape index (κ1) is 13.3. The molecule has 2 aromatic rings. The summed E-state index contributed by atoms with van der Waals surface area (Å²) in [5, 5.41) is 7.03. The van der Waals surface area contributed by atoms with Gasteiger partial charge in [0.2, 0.25) is 0 Å². The highest BCUT2D eigenvalue weighted by Gasteiger charge is 2.26. The van der Waals surface area contributed by atoms with Gasteiger partial charge in [-0.05, 0) is 36.5 Å². The Morgan fingerprint density at radius 2 is 2.42 bits per heavy atom. The summed E-state index contributed by atoms with van der Waals surface area (Å²) in [6.45, 7) is 2.22. The van der Waals surface area contributed by atoms with Gasteiger partial charge in [0.05, 0.1) is 6.04 Å². The molecule has 1 aliphatic carbocycles. The predicted octanol–water partition coefficient (Wildman–Crippen LogP) is 4.63. The zero-order chi connectivity index (χ0) is 13.2. The van der Waals surface area contributed by atoms with Crippen LogP contribution in [0.4, 0.5) is 0 Å². The second-order valence-corrected chi connectivity index (χ2v) is 6.68. The third-order valence-electron chi connectivity index (χ3n) is 3.77. The standard InChI is InChI=1S/C15H17BrN2S/c1-2-13(15-17-8-9-19-15)18-14-7-6-10-11(14)4-3-5-12(10)16/h3-5,8-9,13-14,18H,2,6-7H2,1H3. The van der Waals surface area contributed by atoms with Crippen LogP contribution in [-0.4, -0.2) is 4.98 Å². The van der Waals surface area contributed by atoms with Gasteiger partial charge >= 0.3 is 0 Å². The van der Waals surface area contributed by atoms with Crippen LogP contribution in [0.5, 0.6) is 0 Å². The predicted molar refractivity (Wildman–Crippen MR) is 83.5 cm³/mol. The van der Waals surface area contributed by atoms with Crippen LogP contribution in [0.1, 0.15) is 48.0 Å². The Kier molecular flexibility index (Phi) is 4.01. The van der Waals surface area contributed by atoms with E-state index in [2.05, 4.69) is 56.7 Å². The van der Waals surface area contributed by atoms with Crippen molar-refractivity contribution in [3.05, 3.63) is 50.4 Å². The monoisotopic (exact) mass is 336 g/mol. The van der Waals surface area contributed by atoms with Gasteiger partial charge in [0, 0.05) is 22.1 Å². The Bertz CT molecular complexity index is 553. The maximum absolute atomic E-state index is 4.45. The summed E-state index contributed by atoms with van der Waals surface area (Å²) in [5.74, 6) is 0. The van der Waals surface area contributed by atoms with E-state index in [-0.39, 0.29) is 0 Å². The number of hydrogen-bond donors (Lipinski definition) is 1. The molecule has 4 heteroatoms. The lowest BCUT2D eigenvalue weighted by atomic mass is 10.1. The molecule has 0 spiro atoms. The van der Waals surface area contributed by atoms with Gasteiger partial charge in [0.25, 0.3) is 0 Å². The molecule has 0 radical (unpaired) electrons. The number of halogens is 1. The van der Waals surface area contributed by atoms with Crippen LogP contribution in [-0.2, 0) is 6.42 Å². The van der Waals surface area contributed by atoms with Crippen molar-refractivity contribution in [1.29, 1.82) is 0 Å². The lowest BCUT2D eigenvalue weighted by Crippen LogP contribution is -2.24. The van der Waals surface area contributed by atoms with Crippen molar-refractivity contribution < 1.29 is 0 Å². The Hall–Kier alpha value is -0.710. The Balaban J connectivity index is 1.81. The van der Waals surface area contributed by atoms with Crippen LogP contribution < -0.4 is 5.32 Å². The van der Waals surface area contributed by atoms with Crippen LogP contribution in [0.25, 0.3) is 0 Å². The molecule has 19 heavy (non-hydrogen) atoms. The fraction of sp³-hybridized carbons (Fsp3) is 0.400. The van der Waals surface area contributed by atoms with Crippen molar-refractivity contribution in [2.45, 2.75) is 38.3 Å². The highest BCUT2D eigenvalue weighted by atomic mass is 79.9. The van der Waals surface area contributed by atoms with Gasteiger partial charge < -0.3 is 5.32 Å². The molecule has 1 aromatic carbocycles. The topological polar surface area (TPSA) is 24.9 Å². The minimum absolute atomic E-state index is 0.370. The van der Waals surface area contributed by atoms with E-state index in [0.717, 1.165) is 12.8 Å². The summed E-state index contributed by atoms with van der Waals surface area (Å²) in [6, 6.07) is 7.35. The molecule has 1 aromatic heterocycles. The average molecular weight is 337 g/mol. The molecule has 2 unspecified atom stereocenters. The number of fused-ring (bicyclic) bond motifs is 1. The van der Waals surface area contributed by atoms with Crippen molar-refractivity contribution in [2.75, 3.05) is 0 Å². The molecule has 2 atom stereocenters. The van der Waals surface area contributed by atoms with Gasteiger partial charge in [0.1, 0.15) is 5.01 Å². The van der Waals surface area contributed by atoms with Gasteiger partial charge in [-0.15, -0.1) is 11.3 Å². The van der Waals surface area contributed by atoms with Crippen molar-refractivity contribution in [2.24, 2.45) is 0 Å². The van der Waals surface area contributed by atoms with Gasteiger partial charge in [-0.25, -0.2) is 4.98 Å². The molecule has 0 bridgehead atoms. The van der Waals surface area contributed by atoms with Gasteiger partial charge in [-0.2, -0.15) is 0 Å². The van der Waals surface area contributed by atoms with Crippen molar-refractivity contribution >= 4 is 27.3 Å². The second-order valence-electron chi connectivity index (χ2n) is 4.90. The zero-order valence-electron chi connectivity index (χ0n) is 10.9. The fourth-order valence-corrected chi connectivity index (χ4v) is 4.16. The number of rotatable bonds is 4. The second kappa shape index (κ2) is 5.73. The number of hydrogen-bond acceptors (Lipinski definition) is 3. The molecular weight excluding hydrogens is 320 g/mol. The number of nitrogens with zero attached hydrogens (tertiary/aromatic N) is 1. The molecule has 100 valence electrons. The first-order valence-electron chi connectivity index (χ1n) is 6.72. The summed E-state index contributed by atoms with van der Waals surface area (Å²) in [6.07, 6.45) is 5.30. The molecule has 2 nitrogen and oxygen atoms in total. The zero-order valence-corrected chi connectivity index (χ0v) is 13.3. The van der Waals surface area contributed by atoms with E-state index in [4.69, 9.17) is 0 Å². The molecule has 0 saturated carbocycles. The van der Waals surface area contributed by atoms with Gasteiger partial charge in [0.15, 0.2) is 0 Å². The maximum atomic E-state index is 4.45. The highest BCUT2D eigenvalue weighted by molar-refractivity contribution is 9.10. The summed E-state index contributed by atoms with van der Waals surface area (Å²) in [7, 11) is 0. The van der Waals surface area contributed by atoms with Crippen LogP contribution >= 0.6 is 27.3 Å². The number of benzene rings is 1. The van der Waals surface area contributed by atoms with Crippen LogP contribution in [0.2, 0.25) is 0 Å². The fourth-order valence-electron chi connectivity index (χ4n) is 2.80. The third kappa shape index (κ3) is 2.62. The third-order valence-corrected chi connectivity index (χ3v) is 5.41. The smallest absolute Gasteiger partial charge is 0.109 e. The number of thiazole rings is 1. The molecule has 0 aliphatic heterocycles. The SMILES string of the molecule is CCC(NC1CCc2c(Br)cccc21)c1nccs1. The van der Waals surface area contributed by atoms with E-state index in [1.807, 2.05) is 6.20 Å². The molecule has 1 aliphatic rings. The Labute approximate surface area is 126 Å². The van der Waals surface area contributed by atoms with E-state index >= 15 is 0 Å². The van der Waals surface area contributed by atoms with Gasteiger partial charge in [-0.3, -0.25) is 0 Å². The molecule has 0 amide bonds. The van der Waals surface area contributed by atoms with Crippen LogP contribution in [0.3, 0.4) is 0 Å². The van der Waals surface area contributed by atoms with E-state index in [1.165, 1.54) is 27.0 Å². The first-order valence-corrected chi connectivity index (χ1v) is 8.39. The summed E-state index contributed by atoms with van der Waals surface area (Å²) in [5.41, 5.74) is 2.92. The van der Waals surface area contributed by atoms with Crippen molar-refractivity contribution in [1.82, 2.24) is 10.3 Å². The average Bonchev–Trinajstić information content (AvgIpc) is 3.06. The summed E-state index contributed by atoms with van der Waals surface area (Å²) < 4.78 is 1.25. The Morgan fingerprint density at radius 1 is 1.53 bits per heavy atom. The minimum Gasteiger partial charge on any atom is -0.301 e. The van der Waals surface area contributed by atoms with Gasteiger partial charge in [-0.1, -0.05) is 35.0 Å². The molecular formula is C15H17BrN2S. The molecule has 0 fully saturated rings. The lowest BCUT2D eigenvalue weighted by Gasteiger charge is -2.21. The molecule has 1 N–H and O–H groups in total. The maximum Gasteiger partial charge on any atom is 0.109 e. The Morgan fingerprint density at radius 3 is 3.16 bits per heavy atom. The van der Waals surface area contributed by atoms with Crippen molar-refractivity contribution in [3.8, 4) is 0 Å². The first-order chi connectivity index (χ1) is 9.29. The van der Waals surface area contributed by atoms with E-state index in [1.54, 1.807) is 11.3 Å². The quantitative estimate of drug-likeness (QED) is 0.880. The van der Waals surface area contributed by atoms with E-state index in [9.17, 15) is 0 Å². The molecule has 0 saturated heterocycles. The summed E-state index contributed by atoms with van der Waals surface area (Å²) >= 11 is 5.40. The van der Waals surface area contributed by atoms with Crippen molar-refractivity contribution in [3.63, 3.8) is 0 Å². The summed E-state index contributed by atoms with van der Waals surface area (Å²) in [4.78, 5) is 4.45. The number of aromatic nitrogens is 1. The largest absolute Gasteiger partial charge is 0.301 e. The number of nitrogens with one attached hydrogen (secondary N) is 1. The molecule has 3 rings (SSSR count). The van der Waals surface area contributed by atoms with Crippen LogP contribution in [0.15, 0.2) is 34.2 Å². The molecule has 1 heterocycles. The van der Waals surface area contributed by atoms with Crippen LogP contribution in [0, 0.1) is 0 Å². The van der Waals surface area contributed by atoms with E-state index in [0.29, 0.717) is 12.1 Å².